The number of benzene rings is 1. The van der Waals surface area contributed by atoms with Gasteiger partial charge in [-0.1, -0.05) is 30.3 Å². The van der Waals surface area contributed by atoms with E-state index in [0.717, 1.165) is 0 Å². The predicted molar refractivity (Wildman–Crippen MR) is 76.9 cm³/mol. The van der Waals surface area contributed by atoms with E-state index in [0.29, 0.717) is 32.8 Å². The van der Waals surface area contributed by atoms with Gasteiger partial charge in [-0.25, -0.2) is 0 Å². The molecule has 1 aromatic rings. The maximum absolute atomic E-state index is 11.1. The summed E-state index contributed by atoms with van der Waals surface area (Å²) in [6.45, 7) is 6.15. The van der Waals surface area contributed by atoms with Gasteiger partial charge in [-0.2, -0.15) is 0 Å². The molecule has 0 saturated heterocycles. The Morgan fingerprint density at radius 2 is 2.11 bits per heavy atom. The monoisotopic (exact) mass is 267 g/mol. The van der Waals surface area contributed by atoms with E-state index in [4.69, 9.17) is 9.47 Å². The van der Waals surface area contributed by atoms with Gasteiger partial charge in [0.1, 0.15) is 0 Å². The molecular weight excluding hydrogens is 242 g/mol. The Labute approximate surface area is 116 Å². The zero-order valence-corrected chi connectivity index (χ0v) is 11.7. The lowest BCUT2D eigenvalue weighted by Gasteiger charge is -2.13. The van der Waals surface area contributed by atoms with E-state index < -0.39 is 0 Å². The zero-order valence-electron chi connectivity index (χ0n) is 11.7. The molecule has 1 atom stereocenters. The highest BCUT2D eigenvalue weighted by atomic mass is 16.5. The average Bonchev–Trinajstić information content (AvgIpc) is 2.40. The maximum atomic E-state index is 11.1. The van der Waals surface area contributed by atoms with Gasteiger partial charge in [0.05, 0.1) is 26.2 Å². The molecule has 1 aromatic carbocycles. The van der Waals surface area contributed by atoms with Crippen molar-refractivity contribution in [2.24, 2.45) is 0 Å². The average molecular weight is 267 g/mol. The fourth-order valence-corrected chi connectivity index (χ4v) is 1.64. The molecule has 0 radical (unpaired) electrons. The van der Waals surface area contributed by atoms with Gasteiger partial charge in [0.15, 0.2) is 0 Å². The molecule has 4 nitrogen and oxygen atoms in total. The minimum atomic E-state index is -0.160. The summed E-state index contributed by atoms with van der Waals surface area (Å²) in [6.07, 6.45) is 0.400. The largest absolute Gasteiger partial charge is 0.466 e. The molecule has 1 rings (SSSR count). The molecule has 0 spiro atoms. The topological polar surface area (TPSA) is 47.6 Å². The van der Waals surface area contributed by atoms with Gasteiger partial charge < -0.3 is 14.8 Å². The van der Waals surface area contributed by atoms with Crippen molar-refractivity contribution >= 4 is 5.97 Å². The molecule has 0 aliphatic rings. The van der Waals surface area contributed by atoms with Crippen LogP contribution in [0.15, 0.2) is 30.3 Å². The van der Waals surface area contributed by atoms with E-state index in [-0.39, 0.29) is 13.4 Å². The van der Waals surface area contributed by atoms with Crippen LogP contribution in [0.25, 0.3) is 0 Å². The second-order valence-corrected chi connectivity index (χ2v) is 4.41. The molecule has 19 heavy (non-hydrogen) atoms. The highest BCUT2D eigenvalue weighted by molar-refractivity contribution is 5.69. The molecule has 0 aliphatic heterocycles. The minimum Gasteiger partial charge on any atom is -0.466 e. The first-order valence-electron chi connectivity index (χ1n) is 6.73. The van der Waals surface area contributed by atoms with E-state index in [1.807, 2.05) is 44.2 Å². The van der Waals surface area contributed by atoms with Crippen LogP contribution >= 0.6 is 0 Å². The molecule has 0 fully saturated rings. The summed E-state index contributed by atoms with van der Waals surface area (Å²) in [5.41, 5.74) is 1.17. The number of rotatable bonds is 9. The number of esters is 1. The molecule has 0 saturated carbocycles. The number of carbonyl (C=O) groups excluding carboxylic acids is 1. The van der Waals surface area contributed by atoms with E-state index in [1.165, 1.54) is 5.56 Å². The number of ether oxygens (including phenoxy) is 2. The summed E-state index contributed by atoms with van der Waals surface area (Å²) in [7, 11) is 0. The van der Waals surface area contributed by atoms with Crippen molar-refractivity contribution in [3.63, 3.8) is 0 Å². The van der Waals surface area contributed by atoms with Crippen LogP contribution in [0.3, 0.4) is 0 Å². The van der Waals surface area contributed by atoms with Crippen LogP contribution in [0, 0.1) is 0 Å². The molecule has 1 N–H and O–H groups in total. The van der Waals surface area contributed by atoms with Crippen LogP contribution < -0.4 is 5.32 Å². The summed E-state index contributed by atoms with van der Waals surface area (Å²) in [5, 5.41) is 3.23. The summed E-state index contributed by atoms with van der Waals surface area (Å²) >= 11 is 0. The lowest BCUT2D eigenvalue weighted by atomic mass is 10.2. The normalized spacial score (nSPS) is 12.1. The molecule has 0 heterocycles. The Balaban J connectivity index is 0.00000361. The number of carbonyl (C=O) groups is 1. The molecule has 0 aromatic heterocycles. The highest BCUT2D eigenvalue weighted by Gasteiger charge is 2.04. The predicted octanol–water partition coefficient (Wildman–Crippen LogP) is 2.38. The van der Waals surface area contributed by atoms with Crippen LogP contribution in [-0.2, 0) is 20.9 Å². The molecular formula is C15H25NO3. The molecule has 0 bridgehead atoms. The van der Waals surface area contributed by atoms with Crippen LogP contribution in [0.4, 0.5) is 0 Å². The van der Waals surface area contributed by atoms with Crippen LogP contribution in [-0.4, -0.2) is 31.8 Å². The van der Waals surface area contributed by atoms with E-state index >= 15 is 0 Å². The van der Waals surface area contributed by atoms with Crippen molar-refractivity contribution in [3.05, 3.63) is 35.9 Å². The van der Waals surface area contributed by atoms with Crippen LogP contribution in [0.1, 0.15) is 27.3 Å². The number of nitrogens with one attached hydrogen (secondary N) is 1. The van der Waals surface area contributed by atoms with E-state index in [9.17, 15) is 4.79 Å². The molecule has 108 valence electrons. The van der Waals surface area contributed by atoms with Gasteiger partial charge in [-0.05, 0) is 19.4 Å². The Hall–Kier alpha value is -1.39. The lowest BCUT2D eigenvalue weighted by Crippen LogP contribution is -2.32. The summed E-state index contributed by atoms with van der Waals surface area (Å²) < 4.78 is 10.5. The second kappa shape index (κ2) is 9.53. The Bertz CT molecular complexity index is 359. The minimum absolute atomic E-state index is 0. The third-order valence-electron chi connectivity index (χ3n) is 2.61. The summed E-state index contributed by atoms with van der Waals surface area (Å²) in [4.78, 5) is 11.1. The number of hydrogen-bond acceptors (Lipinski definition) is 4. The van der Waals surface area contributed by atoms with Gasteiger partial charge in [0.25, 0.3) is 0 Å². The summed E-state index contributed by atoms with van der Waals surface area (Å²) in [6, 6.07) is 10.3. The smallest absolute Gasteiger partial charge is 0.307 e. The first-order valence-corrected chi connectivity index (χ1v) is 6.73. The Kier molecular flexibility index (Phi) is 7.86. The Morgan fingerprint density at radius 1 is 1.37 bits per heavy atom. The third-order valence-corrected chi connectivity index (χ3v) is 2.61. The van der Waals surface area contributed by atoms with E-state index in [1.54, 1.807) is 0 Å². The Morgan fingerprint density at radius 3 is 2.79 bits per heavy atom. The van der Waals surface area contributed by atoms with Crippen molar-refractivity contribution in [2.75, 3.05) is 19.8 Å². The standard InChI is InChI=1S/C15H23NO3.H2/c1-3-19-15(17)9-10-16-13(2)11-18-12-14-7-5-4-6-8-14;/h4-8,13,16H,3,9-12H2,1-2H3;1H. The molecule has 1 unspecified atom stereocenters. The maximum Gasteiger partial charge on any atom is 0.307 e. The quantitative estimate of drug-likeness (QED) is 0.698. The van der Waals surface area contributed by atoms with Gasteiger partial charge in [0.2, 0.25) is 0 Å². The van der Waals surface area contributed by atoms with Crippen molar-refractivity contribution < 1.29 is 15.7 Å². The summed E-state index contributed by atoms with van der Waals surface area (Å²) in [5.74, 6) is -0.160. The molecule has 0 aliphatic carbocycles. The van der Waals surface area contributed by atoms with Crippen molar-refractivity contribution in [1.29, 1.82) is 0 Å². The lowest BCUT2D eigenvalue weighted by molar-refractivity contribution is -0.143. The third kappa shape index (κ3) is 7.59. The first-order chi connectivity index (χ1) is 9.22. The molecule has 4 heteroatoms. The highest BCUT2D eigenvalue weighted by Crippen LogP contribution is 2.00. The van der Waals surface area contributed by atoms with Crippen LogP contribution in [0.2, 0.25) is 0 Å². The SMILES string of the molecule is CCOC(=O)CCNC(C)COCc1ccccc1.[HH]. The molecule has 0 amide bonds. The fraction of sp³-hybridized carbons (Fsp3) is 0.533. The van der Waals surface area contributed by atoms with Crippen LogP contribution in [0.5, 0.6) is 0 Å². The van der Waals surface area contributed by atoms with Crippen molar-refractivity contribution in [1.82, 2.24) is 5.32 Å². The van der Waals surface area contributed by atoms with E-state index in [2.05, 4.69) is 5.32 Å². The van der Waals surface area contributed by atoms with Crippen molar-refractivity contribution in [2.45, 2.75) is 32.9 Å². The fourth-order valence-electron chi connectivity index (χ4n) is 1.64. The first kappa shape index (κ1) is 15.7. The van der Waals surface area contributed by atoms with Gasteiger partial charge in [-0.15, -0.1) is 0 Å². The second-order valence-electron chi connectivity index (χ2n) is 4.41. The van der Waals surface area contributed by atoms with Gasteiger partial charge in [-0.3, -0.25) is 4.79 Å². The zero-order chi connectivity index (χ0) is 13.9. The van der Waals surface area contributed by atoms with Gasteiger partial charge in [0, 0.05) is 14.0 Å². The van der Waals surface area contributed by atoms with Gasteiger partial charge >= 0.3 is 5.97 Å². The number of hydrogen-bond donors (Lipinski definition) is 1. The van der Waals surface area contributed by atoms with Crippen molar-refractivity contribution in [3.8, 4) is 0 Å².